The summed E-state index contributed by atoms with van der Waals surface area (Å²) in [5, 5.41) is 17.3. The van der Waals surface area contributed by atoms with Crippen LogP contribution in [-0.2, 0) is 14.8 Å². The molecule has 40 heavy (non-hydrogen) atoms. The smallest absolute Gasteiger partial charge is 0.216 e. The largest absolute Gasteiger partial charge is 0.390 e. The number of fused-ring (bicyclic) bond motifs is 4. The zero-order chi connectivity index (χ0) is 28.9. The summed E-state index contributed by atoms with van der Waals surface area (Å²) < 4.78 is 37.2. The van der Waals surface area contributed by atoms with Gasteiger partial charge in [-0.15, -0.1) is 0 Å². The van der Waals surface area contributed by atoms with E-state index in [-0.39, 0.29) is 23.7 Å². The predicted molar refractivity (Wildman–Crippen MR) is 159 cm³/mol. The fourth-order valence-electron chi connectivity index (χ4n) is 7.79. The van der Waals surface area contributed by atoms with Crippen molar-refractivity contribution in [2.45, 2.75) is 134 Å². The van der Waals surface area contributed by atoms with Crippen LogP contribution in [0.4, 0.5) is 0 Å². The topological polar surface area (TPSA) is 103 Å². The van der Waals surface area contributed by atoms with Crippen LogP contribution in [0.25, 0.3) is 0 Å². The first kappa shape index (κ1) is 30.4. The summed E-state index contributed by atoms with van der Waals surface area (Å²) in [5.74, 6) is 0.312. The molecular weight excluding hydrogens is 524 g/mol. The summed E-state index contributed by atoms with van der Waals surface area (Å²) in [6.07, 6.45) is 5.63. The number of nitrogens with one attached hydrogen (secondary N) is 3. The number of benzene rings is 1. The second kappa shape index (κ2) is 11.5. The monoisotopic (exact) mass is 576 g/mol. The molecule has 1 aromatic carbocycles. The molecule has 0 aromatic heterocycles. The third-order valence-electron chi connectivity index (χ3n) is 9.61. The molecule has 5 rings (SSSR count). The van der Waals surface area contributed by atoms with Gasteiger partial charge in [-0.25, -0.2) is 8.42 Å². The minimum atomic E-state index is -3.55. The van der Waals surface area contributed by atoms with Crippen molar-refractivity contribution < 1.29 is 18.3 Å². The third kappa shape index (κ3) is 7.10. The molecule has 4 N–H and O–H groups in total. The Morgan fingerprint density at radius 3 is 2.45 bits per heavy atom. The van der Waals surface area contributed by atoms with Gasteiger partial charge < -0.3 is 9.84 Å². The van der Waals surface area contributed by atoms with Crippen molar-refractivity contribution in [2.24, 2.45) is 11.3 Å². The van der Waals surface area contributed by atoms with Gasteiger partial charge in [0.05, 0.1) is 17.5 Å². The van der Waals surface area contributed by atoms with E-state index in [2.05, 4.69) is 73.1 Å². The first-order valence-corrected chi connectivity index (χ1v) is 16.9. The maximum Gasteiger partial charge on any atom is 0.216 e. The highest BCUT2D eigenvalue weighted by Crippen LogP contribution is 2.40. The molecule has 2 aliphatic heterocycles. The Labute approximate surface area is 242 Å². The van der Waals surface area contributed by atoms with E-state index in [0.717, 1.165) is 38.6 Å². The average molecular weight is 577 g/mol. The molecule has 9 heteroatoms. The maximum absolute atomic E-state index is 13.7. The lowest BCUT2D eigenvalue weighted by Crippen LogP contribution is -2.64. The van der Waals surface area contributed by atoms with Crippen LogP contribution in [0.1, 0.15) is 102 Å². The van der Waals surface area contributed by atoms with Gasteiger partial charge in [0, 0.05) is 31.1 Å². The first-order valence-electron chi connectivity index (χ1n) is 15.4. The molecule has 2 aliphatic carbocycles. The van der Waals surface area contributed by atoms with Crippen LogP contribution >= 0.6 is 0 Å². The standard InChI is InChI=1S/C31H52N4O4S/c1-20-9-7-10-21(2)28(20)26-14-27-33-29(32-26)34-40(37,38)25-12-8-11-22(13-25)18-35(23-16-31(6,36)17-23)24(19-39-27)15-30(3,4)5/h7,9-10,22-27,29,32-34,36H,8,11-19H2,1-6H3/t22?,23?,24-,25?,26?,27?,29?,31?/m1/s1. The Morgan fingerprint density at radius 2 is 1.80 bits per heavy atom. The van der Waals surface area contributed by atoms with Crippen molar-refractivity contribution in [1.82, 2.24) is 20.3 Å². The molecule has 2 heterocycles. The molecule has 4 fully saturated rings. The number of aryl methyl sites for hydroxylation is 2. The van der Waals surface area contributed by atoms with Gasteiger partial charge in [0.1, 0.15) is 12.5 Å². The fraction of sp³-hybridized carbons (Fsp3) is 0.806. The molecule has 1 aromatic rings. The molecule has 4 bridgehead atoms. The van der Waals surface area contributed by atoms with Crippen molar-refractivity contribution in [3.63, 3.8) is 0 Å². The van der Waals surface area contributed by atoms with Crippen molar-refractivity contribution >= 4 is 10.0 Å². The van der Waals surface area contributed by atoms with Crippen LogP contribution < -0.4 is 15.4 Å². The van der Waals surface area contributed by atoms with Gasteiger partial charge in [0.25, 0.3) is 0 Å². The van der Waals surface area contributed by atoms with E-state index in [4.69, 9.17) is 4.74 Å². The Balaban J connectivity index is 1.48. The SMILES string of the molecule is Cc1cccc(C)c1C1CC2NC(N1)NS(=O)(=O)C1CCCC(C1)CN(C1CC(C)(O)C1)[C@H](CC(C)(C)C)CO2. The van der Waals surface area contributed by atoms with E-state index in [0.29, 0.717) is 37.8 Å². The van der Waals surface area contributed by atoms with Crippen molar-refractivity contribution in [1.29, 1.82) is 0 Å². The Hall–Kier alpha value is -1.07. The predicted octanol–water partition coefficient (Wildman–Crippen LogP) is 4.07. The van der Waals surface area contributed by atoms with Crippen LogP contribution in [0.3, 0.4) is 0 Å². The van der Waals surface area contributed by atoms with Gasteiger partial charge in [-0.3, -0.25) is 15.5 Å². The fourth-order valence-corrected chi connectivity index (χ4v) is 9.45. The summed E-state index contributed by atoms with van der Waals surface area (Å²) in [6.45, 7) is 14.5. The van der Waals surface area contributed by atoms with Crippen LogP contribution in [-0.4, -0.2) is 67.0 Å². The van der Waals surface area contributed by atoms with Crippen LogP contribution in [0.5, 0.6) is 0 Å². The zero-order valence-electron chi connectivity index (χ0n) is 25.4. The lowest BCUT2D eigenvalue weighted by atomic mass is 9.74. The van der Waals surface area contributed by atoms with E-state index in [1.807, 2.05) is 6.92 Å². The molecule has 5 unspecified atom stereocenters. The highest BCUT2D eigenvalue weighted by Gasteiger charge is 2.46. The van der Waals surface area contributed by atoms with Gasteiger partial charge in [-0.05, 0) is 87.3 Å². The highest BCUT2D eigenvalue weighted by molar-refractivity contribution is 7.90. The molecule has 8 nitrogen and oxygen atoms in total. The lowest BCUT2D eigenvalue weighted by Gasteiger charge is -2.51. The van der Waals surface area contributed by atoms with Gasteiger partial charge in [0.15, 0.2) is 0 Å². The molecule has 226 valence electrons. The molecule has 0 radical (unpaired) electrons. The molecule has 4 aliphatic rings. The Morgan fingerprint density at radius 1 is 1.10 bits per heavy atom. The van der Waals surface area contributed by atoms with E-state index >= 15 is 0 Å². The summed E-state index contributed by atoms with van der Waals surface area (Å²) in [4.78, 5) is 2.59. The number of hydrogen-bond acceptors (Lipinski definition) is 7. The third-order valence-corrected chi connectivity index (χ3v) is 11.5. The normalized spacial score (nSPS) is 39.3. The van der Waals surface area contributed by atoms with Gasteiger partial charge in [-0.1, -0.05) is 45.4 Å². The summed E-state index contributed by atoms with van der Waals surface area (Å²) in [7, 11) is -3.55. The summed E-state index contributed by atoms with van der Waals surface area (Å²) >= 11 is 0. The number of ether oxygens (including phenoxy) is 1. The van der Waals surface area contributed by atoms with E-state index in [1.165, 1.54) is 16.7 Å². The molecular formula is C31H52N4O4S. The molecule has 2 saturated carbocycles. The second-order valence-corrected chi connectivity index (χ2v) is 16.7. The zero-order valence-corrected chi connectivity index (χ0v) is 26.2. The van der Waals surface area contributed by atoms with E-state index < -0.39 is 27.2 Å². The number of hydrogen-bond donors (Lipinski definition) is 4. The van der Waals surface area contributed by atoms with Crippen LogP contribution in [0, 0.1) is 25.2 Å². The average Bonchev–Trinajstić information content (AvgIpc) is 2.82. The maximum atomic E-state index is 13.7. The Kier molecular flexibility index (Phi) is 8.77. The molecule has 6 atom stereocenters. The first-order chi connectivity index (χ1) is 18.7. The van der Waals surface area contributed by atoms with Crippen molar-refractivity contribution in [3.8, 4) is 0 Å². The summed E-state index contributed by atoms with van der Waals surface area (Å²) in [6, 6.07) is 6.76. The number of nitrogens with zero attached hydrogens (tertiary/aromatic N) is 1. The van der Waals surface area contributed by atoms with Gasteiger partial charge in [-0.2, -0.15) is 4.72 Å². The molecule has 0 amide bonds. The number of sulfonamides is 1. The number of aliphatic hydroxyl groups is 1. The quantitative estimate of drug-likeness (QED) is 0.430. The summed E-state index contributed by atoms with van der Waals surface area (Å²) in [5.41, 5.74) is 3.10. The Bertz CT molecular complexity index is 1120. The van der Waals surface area contributed by atoms with E-state index in [9.17, 15) is 13.5 Å². The van der Waals surface area contributed by atoms with Crippen molar-refractivity contribution in [2.75, 3.05) is 13.2 Å². The van der Waals surface area contributed by atoms with Crippen LogP contribution in [0.15, 0.2) is 18.2 Å². The van der Waals surface area contributed by atoms with Gasteiger partial charge >= 0.3 is 0 Å². The molecule has 0 spiro atoms. The minimum absolute atomic E-state index is 0.0386. The van der Waals surface area contributed by atoms with Crippen molar-refractivity contribution in [3.05, 3.63) is 34.9 Å². The lowest BCUT2D eigenvalue weighted by molar-refractivity contribution is -0.115. The van der Waals surface area contributed by atoms with Crippen LogP contribution in [0.2, 0.25) is 0 Å². The van der Waals surface area contributed by atoms with E-state index in [1.54, 1.807) is 0 Å². The highest BCUT2D eigenvalue weighted by atomic mass is 32.2. The minimum Gasteiger partial charge on any atom is -0.390 e. The number of rotatable bonds is 3. The van der Waals surface area contributed by atoms with Gasteiger partial charge in [0.2, 0.25) is 10.0 Å². The molecule has 2 saturated heterocycles. The second-order valence-electron chi connectivity index (χ2n) is 14.7.